The Morgan fingerprint density at radius 1 is 1.32 bits per heavy atom. The van der Waals surface area contributed by atoms with Crippen LogP contribution in [-0.4, -0.2) is 35.9 Å². The Morgan fingerprint density at radius 3 is 3.00 bits per heavy atom. The Hall–Kier alpha value is -2.09. The average Bonchev–Trinajstić information content (AvgIpc) is 3.10. The molecule has 0 aliphatic carbocycles. The number of amides is 1. The van der Waals surface area contributed by atoms with Crippen molar-refractivity contribution in [3.05, 3.63) is 17.9 Å². The minimum absolute atomic E-state index is 0.0190. The molecule has 1 unspecified atom stereocenters. The van der Waals surface area contributed by atoms with E-state index in [1.165, 1.54) is 6.26 Å². The van der Waals surface area contributed by atoms with Gasteiger partial charge in [-0.05, 0) is 12.8 Å². The summed E-state index contributed by atoms with van der Waals surface area (Å²) in [6.45, 7) is 1.46. The highest BCUT2D eigenvalue weighted by Crippen LogP contribution is 2.28. The van der Waals surface area contributed by atoms with Gasteiger partial charge in [0.1, 0.15) is 25.6 Å². The SMILES string of the molecule is O=C(Nc1nnc(C2CCCO2)o1)C1=COCCO1. The number of ether oxygens (including phenoxy) is 3. The molecule has 0 saturated carbocycles. The summed E-state index contributed by atoms with van der Waals surface area (Å²) in [4.78, 5) is 11.8. The smallest absolute Gasteiger partial charge is 0.322 e. The predicted octanol–water partition coefficient (Wildman–Crippen LogP) is 0.748. The Kier molecular flexibility index (Phi) is 3.32. The lowest BCUT2D eigenvalue weighted by Gasteiger charge is -2.13. The van der Waals surface area contributed by atoms with E-state index in [1.807, 2.05) is 0 Å². The molecule has 8 heteroatoms. The van der Waals surface area contributed by atoms with Crippen molar-refractivity contribution >= 4 is 11.9 Å². The molecule has 1 N–H and O–H groups in total. The van der Waals surface area contributed by atoms with Crippen LogP contribution in [0.3, 0.4) is 0 Å². The third-order valence-electron chi connectivity index (χ3n) is 2.74. The van der Waals surface area contributed by atoms with Crippen LogP contribution >= 0.6 is 0 Å². The minimum atomic E-state index is -0.484. The second kappa shape index (κ2) is 5.27. The van der Waals surface area contributed by atoms with Crippen molar-refractivity contribution in [3.63, 3.8) is 0 Å². The van der Waals surface area contributed by atoms with Crippen LogP contribution in [0.2, 0.25) is 0 Å². The van der Waals surface area contributed by atoms with Crippen molar-refractivity contribution in [2.45, 2.75) is 18.9 Å². The number of hydrogen-bond donors (Lipinski definition) is 1. The zero-order valence-electron chi connectivity index (χ0n) is 10.1. The van der Waals surface area contributed by atoms with E-state index in [0.717, 1.165) is 12.8 Å². The molecule has 3 heterocycles. The van der Waals surface area contributed by atoms with E-state index in [4.69, 9.17) is 18.6 Å². The highest BCUT2D eigenvalue weighted by molar-refractivity contribution is 6.00. The lowest BCUT2D eigenvalue weighted by atomic mass is 10.2. The highest BCUT2D eigenvalue weighted by Gasteiger charge is 2.24. The number of hydrogen-bond acceptors (Lipinski definition) is 7. The van der Waals surface area contributed by atoms with Crippen LogP contribution in [0.25, 0.3) is 0 Å². The van der Waals surface area contributed by atoms with Gasteiger partial charge in [-0.1, -0.05) is 5.10 Å². The van der Waals surface area contributed by atoms with E-state index in [1.54, 1.807) is 0 Å². The largest absolute Gasteiger partial charge is 0.494 e. The van der Waals surface area contributed by atoms with Crippen LogP contribution in [-0.2, 0) is 19.0 Å². The lowest BCUT2D eigenvalue weighted by Crippen LogP contribution is -2.21. The molecule has 1 amide bonds. The van der Waals surface area contributed by atoms with Gasteiger partial charge in [0, 0.05) is 6.61 Å². The maximum absolute atomic E-state index is 11.8. The molecule has 2 aliphatic heterocycles. The first-order valence-electron chi connectivity index (χ1n) is 6.04. The molecule has 0 spiro atoms. The maximum atomic E-state index is 11.8. The Morgan fingerprint density at radius 2 is 2.26 bits per heavy atom. The summed E-state index contributed by atoms with van der Waals surface area (Å²) in [5.41, 5.74) is 0. The van der Waals surface area contributed by atoms with Gasteiger partial charge in [-0.2, -0.15) is 0 Å². The van der Waals surface area contributed by atoms with Gasteiger partial charge < -0.3 is 18.6 Å². The summed E-state index contributed by atoms with van der Waals surface area (Å²) in [6, 6.07) is 0.0190. The summed E-state index contributed by atoms with van der Waals surface area (Å²) in [5.74, 6) is -0.0204. The molecule has 1 saturated heterocycles. The van der Waals surface area contributed by atoms with E-state index >= 15 is 0 Å². The van der Waals surface area contributed by atoms with Crippen molar-refractivity contribution in [2.24, 2.45) is 0 Å². The fraction of sp³-hybridized carbons (Fsp3) is 0.545. The molecule has 1 fully saturated rings. The van der Waals surface area contributed by atoms with Crippen molar-refractivity contribution < 1.29 is 23.4 Å². The molecule has 19 heavy (non-hydrogen) atoms. The zero-order chi connectivity index (χ0) is 13.1. The van der Waals surface area contributed by atoms with Gasteiger partial charge in [-0.25, -0.2) is 0 Å². The molecule has 1 atom stereocenters. The Labute approximate surface area is 108 Å². The Balaban J connectivity index is 1.63. The fourth-order valence-electron chi connectivity index (χ4n) is 1.83. The summed E-state index contributed by atoms with van der Waals surface area (Å²) in [5, 5.41) is 10.0. The number of aromatic nitrogens is 2. The standard InChI is InChI=1S/C11H13N3O5/c15-9(8-6-16-4-5-18-8)12-11-14-13-10(19-11)7-2-1-3-17-7/h6-7H,1-5H2,(H,12,14,15). The predicted molar refractivity (Wildman–Crippen MR) is 60.8 cm³/mol. The van der Waals surface area contributed by atoms with Gasteiger partial charge in [-0.15, -0.1) is 5.10 Å². The van der Waals surface area contributed by atoms with E-state index in [0.29, 0.717) is 25.7 Å². The third kappa shape index (κ3) is 2.68. The second-order valence-electron chi connectivity index (χ2n) is 4.10. The first-order chi connectivity index (χ1) is 9.33. The summed E-state index contributed by atoms with van der Waals surface area (Å²) < 4.78 is 20.9. The molecular formula is C11H13N3O5. The van der Waals surface area contributed by atoms with Gasteiger partial charge in [0.2, 0.25) is 11.6 Å². The molecule has 0 radical (unpaired) electrons. The van der Waals surface area contributed by atoms with E-state index in [-0.39, 0.29) is 17.9 Å². The molecular weight excluding hydrogens is 254 g/mol. The summed E-state index contributed by atoms with van der Waals surface area (Å²) >= 11 is 0. The normalized spacial score (nSPS) is 22.3. The minimum Gasteiger partial charge on any atom is -0.494 e. The lowest BCUT2D eigenvalue weighted by molar-refractivity contribution is -0.117. The van der Waals surface area contributed by atoms with Crippen molar-refractivity contribution in [1.82, 2.24) is 10.2 Å². The van der Waals surface area contributed by atoms with Crippen LogP contribution in [0, 0.1) is 0 Å². The monoisotopic (exact) mass is 267 g/mol. The van der Waals surface area contributed by atoms with Crippen LogP contribution in [0.1, 0.15) is 24.8 Å². The van der Waals surface area contributed by atoms with Crippen molar-refractivity contribution in [3.8, 4) is 0 Å². The van der Waals surface area contributed by atoms with Crippen molar-refractivity contribution in [1.29, 1.82) is 0 Å². The average molecular weight is 267 g/mol. The molecule has 0 aromatic carbocycles. The zero-order valence-corrected chi connectivity index (χ0v) is 10.1. The van der Waals surface area contributed by atoms with E-state index < -0.39 is 5.91 Å². The summed E-state index contributed by atoms with van der Waals surface area (Å²) in [7, 11) is 0. The van der Waals surface area contributed by atoms with Gasteiger partial charge in [0.15, 0.2) is 0 Å². The topological polar surface area (TPSA) is 95.7 Å². The van der Waals surface area contributed by atoms with Gasteiger partial charge in [-0.3, -0.25) is 10.1 Å². The first kappa shape index (κ1) is 12.0. The van der Waals surface area contributed by atoms with E-state index in [2.05, 4.69) is 15.5 Å². The number of nitrogens with zero attached hydrogens (tertiary/aromatic N) is 2. The quantitative estimate of drug-likeness (QED) is 0.863. The molecule has 1 aromatic heterocycles. The highest BCUT2D eigenvalue weighted by atomic mass is 16.6. The fourth-order valence-corrected chi connectivity index (χ4v) is 1.83. The Bertz CT molecular complexity index is 492. The molecule has 3 rings (SSSR count). The number of nitrogens with one attached hydrogen (secondary N) is 1. The maximum Gasteiger partial charge on any atom is 0.322 e. The molecule has 2 aliphatic rings. The van der Waals surface area contributed by atoms with Gasteiger partial charge in [0.05, 0.1) is 0 Å². The molecule has 0 bridgehead atoms. The van der Waals surface area contributed by atoms with Crippen LogP contribution < -0.4 is 5.32 Å². The summed E-state index contributed by atoms with van der Waals surface area (Å²) in [6.07, 6.45) is 2.90. The molecule has 102 valence electrons. The number of carbonyl (C=O) groups excluding carboxylic acids is 1. The van der Waals surface area contributed by atoms with E-state index in [9.17, 15) is 4.79 Å². The van der Waals surface area contributed by atoms with Crippen LogP contribution in [0.5, 0.6) is 0 Å². The second-order valence-corrected chi connectivity index (χ2v) is 4.10. The third-order valence-corrected chi connectivity index (χ3v) is 2.74. The van der Waals surface area contributed by atoms with Crippen molar-refractivity contribution in [2.75, 3.05) is 25.1 Å². The molecule has 8 nitrogen and oxygen atoms in total. The van der Waals surface area contributed by atoms with Gasteiger partial charge >= 0.3 is 6.01 Å². The molecule has 1 aromatic rings. The van der Waals surface area contributed by atoms with Crippen LogP contribution in [0.15, 0.2) is 16.4 Å². The number of rotatable bonds is 3. The van der Waals surface area contributed by atoms with Gasteiger partial charge in [0.25, 0.3) is 5.91 Å². The van der Waals surface area contributed by atoms with Crippen LogP contribution in [0.4, 0.5) is 6.01 Å². The number of anilines is 1. The first-order valence-corrected chi connectivity index (χ1v) is 6.04. The number of carbonyl (C=O) groups is 1.